The smallest absolute Gasteiger partial charge is 0.123 e. The number of likely N-dealkylation sites (N-methyl/N-ethyl adjacent to an activating group) is 1. The van der Waals surface area contributed by atoms with E-state index in [1.807, 2.05) is 7.05 Å². The summed E-state index contributed by atoms with van der Waals surface area (Å²) in [5.41, 5.74) is 1.27. The molecule has 106 valence electrons. The average Bonchev–Trinajstić information content (AvgIpc) is 2.89. The van der Waals surface area contributed by atoms with Crippen molar-refractivity contribution in [1.29, 1.82) is 0 Å². The Labute approximate surface area is 120 Å². The molecule has 0 heterocycles. The molecule has 1 unspecified atom stereocenters. The maximum Gasteiger partial charge on any atom is 0.123 e. The van der Waals surface area contributed by atoms with Gasteiger partial charge in [0.15, 0.2) is 0 Å². The SMILES string of the molecule is CCC1(C(Cc2cc(F)ccc2Cl)NC)CCCC1. The molecule has 1 aliphatic rings. The Morgan fingerprint density at radius 1 is 1.37 bits per heavy atom. The minimum atomic E-state index is -0.203. The van der Waals surface area contributed by atoms with Crippen LogP contribution in [0.25, 0.3) is 0 Å². The minimum Gasteiger partial charge on any atom is -0.316 e. The third-order valence-electron chi connectivity index (χ3n) is 4.82. The molecule has 0 radical (unpaired) electrons. The summed E-state index contributed by atoms with van der Waals surface area (Å²) in [7, 11) is 2.01. The summed E-state index contributed by atoms with van der Waals surface area (Å²) in [4.78, 5) is 0. The number of benzene rings is 1. The number of hydrogen-bond acceptors (Lipinski definition) is 1. The van der Waals surface area contributed by atoms with Crippen molar-refractivity contribution in [3.8, 4) is 0 Å². The molecule has 0 saturated heterocycles. The van der Waals surface area contributed by atoms with Crippen LogP contribution in [0.5, 0.6) is 0 Å². The Bertz CT molecular complexity index is 427. The highest BCUT2D eigenvalue weighted by molar-refractivity contribution is 6.31. The zero-order chi connectivity index (χ0) is 13.9. The third kappa shape index (κ3) is 3.11. The second kappa shape index (κ2) is 6.23. The van der Waals surface area contributed by atoms with Crippen LogP contribution in [0.1, 0.15) is 44.6 Å². The van der Waals surface area contributed by atoms with Gasteiger partial charge in [-0.25, -0.2) is 4.39 Å². The monoisotopic (exact) mass is 283 g/mol. The van der Waals surface area contributed by atoms with E-state index in [9.17, 15) is 4.39 Å². The van der Waals surface area contributed by atoms with Crippen LogP contribution in [-0.2, 0) is 6.42 Å². The lowest BCUT2D eigenvalue weighted by molar-refractivity contribution is 0.192. The standard InChI is InChI=1S/C16H23ClFN/c1-3-16(8-4-5-9-16)15(19-2)11-12-10-13(18)6-7-14(12)17/h6-7,10,15,19H,3-5,8-9,11H2,1-2H3. The fourth-order valence-electron chi connectivity index (χ4n) is 3.57. The Hall–Kier alpha value is -0.600. The van der Waals surface area contributed by atoms with Gasteiger partial charge < -0.3 is 5.32 Å². The molecule has 1 atom stereocenters. The molecule has 3 heteroatoms. The van der Waals surface area contributed by atoms with Crippen molar-refractivity contribution >= 4 is 11.6 Å². The molecule has 1 aromatic rings. The molecule has 0 aliphatic heterocycles. The number of rotatable bonds is 5. The van der Waals surface area contributed by atoms with Crippen LogP contribution in [0.2, 0.25) is 5.02 Å². The van der Waals surface area contributed by atoms with E-state index in [1.54, 1.807) is 12.1 Å². The van der Waals surface area contributed by atoms with E-state index in [4.69, 9.17) is 11.6 Å². The number of hydrogen-bond donors (Lipinski definition) is 1. The molecule has 0 bridgehead atoms. The molecule has 2 rings (SSSR count). The van der Waals surface area contributed by atoms with Gasteiger partial charge in [-0.05, 0) is 61.9 Å². The first kappa shape index (κ1) is 14.8. The molecular formula is C16H23ClFN. The van der Waals surface area contributed by atoms with Crippen LogP contribution in [0.4, 0.5) is 4.39 Å². The average molecular weight is 284 g/mol. The zero-order valence-electron chi connectivity index (χ0n) is 11.8. The Morgan fingerprint density at radius 2 is 2.05 bits per heavy atom. The van der Waals surface area contributed by atoms with Crippen molar-refractivity contribution in [2.24, 2.45) is 5.41 Å². The first-order valence-electron chi connectivity index (χ1n) is 7.22. The summed E-state index contributed by atoms with van der Waals surface area (Å²) >= 11 is 6.20. The Balaban J connectivity index is 2.21. The van der Waals surface area contributed by atoms with E-state index in [-0.39, 0.29) is 5.82 Å². The second-order valence-electron chi connectivity index (χ2n) is 5.70. The fourth-order valence-corrected chi connectivity index (χ4v) is 3.77. The van der Waals surface area contributed by atoms with Crippen LogP contribution in [-0.4, -0.2) is 13.1 Å². The van der Waals surface area contributed by atoms with Crippen LogP contribution in [0.3, 0.4) is 0 Å². The van der Waals surface area contributed by atoms with Gasteiger partial charge in [0.1, 0.15) is 5.82 Å². The quantitative estimate of drug-likeness (QED) is 0.834. The van der Waals surface area contributed by atoms with E-state index in [0.717, 1.165) is 12.0 Å². The van der Waals surface area contributed by atoms with Gasteiger partial charge >= 0.3 is 0 Å². The van der Waals surface area contributed by atoms with E-state index < -0.39 is 0 Å². The molecule has 1 aliphatic carbocycles. The lowest BCUT2D eigenvalue weighted by atomic mass is 9.74. The molecule has 0 spiro atoms. The molecule has 1 saturated carbocycles. The van der Waals surface area contributed by atoms with Gasteiger partial charge in [-0.1, -0.05) is 31.4 Å². The van der Waals surface area contributed by atoms with E-state index >= 15 is 0 Å². The maximum absolute atomic E-state index is 13.4. The van der Waals surface area contributed by atoms with Crippen LogP contribution in [0, 0.1) is 11.2 Å². The summed E-state index contributed by atoms with van der Waals surface area (Å²) in [6.45, 7) is 2.27. The first-order chi connectivity index (χ1) is 9.11. The molecule has 1 N–H and O–H groups in total. The predicted molar refractivity (Wildman–Crippen MR) is 79.2 cm³/mol. The Kier molecular flexibility index (Phi) is 4.86. The fraction of sp³-hybridized carbons (Fsp3) is 0.625. The van der Waals surface area contributed by atoms with Crippen molar-refractivity contribution < 1.29 is 4.39 Å². The summed E-state index contributed by atoms with van der Waals surface area (Å²) in [5.74, 6) is -0.203. The van der Waals surface area contributed by atoms with Gasteiger partial charge in [0.2, 0.25) is 0 Å². The Morgan fingerprint density at radius 3 is 2.63 bits per heavy atom. The van der Waals surface area contributed by atoms with E-state index in [0.29, 0.717) is 16.5 Å². The molecular weight excluding hydrogens is 261 g/mol. The van der Waals surface area contributed by atoms with Crippen LogP contribution >= 0.6 is 11.6 Å². The topological polar surface area (TPSA) is 12.0 Å². The first-order valence-corrected chi connectivity index (χ1v) is 7.60. The predicted octanol–water partition coefficient (Wildman–Crippen LogP) is 4.58. The summed E-state index contributed by atoms with van der Waals surface area (Å²) in [5, 5.41) is 4.12. The lowest BCUT2D eigenvalue weighted by Gasteiger charge is -2.37. The summed E-state index contributed by atoms with van der Waals surface area (Å²) < 4.78 is 13.4. The molecule has 1 aromatic carbocycles. The molecule has 0 amide bonds. The molecule has 0 aromatic heterocycles. The maximum atomic E-state index is 13.4. The summed E-state index contributed by atoms with van der Waals surface area (Å²) in [6, 6.07) is 5.03. The zero-order valence-corrected chi connectivity index (χ0v) is 12.6. The van der Waals surface area contributed by atoms with Crippen molar-refractivity contribution in [2.45, 2.75) is 51.5 Å². The highest BCUT2D eigenvalue weighted by atomic mass is 35.5. The van der Waals surface area contributed by atoms with Gasteiger partial charge in [0.05, 0.1) is 0 Å². The highest BCUT2D eigenvalue weighted by Crippen LogP contribution is 2.45. The number of nitrogens with one attached hydrogen (secondary N) is 1. The van der Waals surface area contributed by atoms with Crippen molar-refractivity contribution in [1.82, 2.24) is 5.32 Å². The van der Waals surface area contributed by atoms with Crippen molar-refractivity contribution in [3.63, 3.8) is 0 Å². The minimum absolute atomic E-state index is 0.203. The van der Waals surface area contributed by atoms with Gasteiger partial charge in [0.25, 0.3) is 0 Å². The highest BCUT2D eigenvalue weighted by Gasteiger charge is 2.39. The lowest BCUT2D eigenvalue weighted by Crippen LogP contribution is -2.43. The summed E-state index contributed by atoms with van der Waals surface area (Å²) in [6.07, 6.45) is 7.13. The third-order valence-corrected chi connectivity index (χ3v) is 5.19. The van der Waals surface area contributed by atoms with E-state index in [2.05, 4.69) is 12.2 Å². The normalized spacial score (nSPS) is 19.6. The van der Waals surface area contributed by atoms with Crippen LogP contribution in [0.15, 0.2) is 18.2 Å². The molecule has 1 fully saturated rings. The largest absolute Gasteiger partial charge is 0.316 e. The van der Waals surface area contributed by atoms with Gasteiger partial charge in [0, 0.05) is 11.1 Å². The van der Waals surface area contributed by atoms with Gasteiger partial charge in [-0.15, -0.1) is 0 Å². The second-order valence-corrected chi connectivity index (χ2v) is 6.11. The van der Waals surface area contributed by atoms with Crippen molar-refractivity contribution in [3.05, 3.63) is 34.6 Å². The van der Waals surface area contributed by atoms with E-state index in [1.165, 1.54) is 38.2 Å². The van der Waals surface area contributed by atoms with Gasteiger partial charge in [-0.2, -0.15) is 0 Å². The number of halogens is 2. The van der Waals surface area contributed by atoms with Crippen LogP contribution < -0.4 is 5.32 Å². The molecule has 19 heavy (non-hydrogen) atoms. The van der Waals surface area contributed by atoms with Crippen molar-refractivity contribution in [2.75, 3.05) is 7.05 Å². The van der Waals surface area contributed by atoms with Gasteiger partial charge in [-0.3, -0.25) is 0 Å². The molecule has 1 nitrogen and oxygen atoms in total.